The third-order valence-electron chi connectivity index (χ3n) is 5.35. The van der Waals surface area contributed by atoms with E-state index in [0.717, 1.165) is 15.8 Å². The first-order valence-electron chi connectivity index (χ1n) is 9.12. The topological polar surface area (TPSA) is 113 Å². The molecule has 2 amide bonds. The van der Waals surface area contributed by atoms with E-state index in [1.165, 1.54) is 28.8 Å². The number of nitrogens with one attached hydrogen (secondary N) is 1. The van der Waals surface area contributed by atoms with Gasteiger partial charge in [0.2, 0.25) is 11.8 Å². The third kappa shape index (κ3) is 3.24. The zero-order valence-electron chi connectivity index (χ0n) is 15.5. The van der Waals surface area contributed by atoms with Crippen LogP contribution >= 0.6 is 39.0 Å². The van der Waals surface area contributed by atoms with Crippen LogP contribution in [-0.4, -0.2) is 27.0 Å². The molecule has 1 fully saturated rings. The highest BCUT2D eigenvalue weighted by molar-refractivity contribution is 9.10. The number of benzene rings is 2. The summed E-state index contributed by atoms with van der Waals surface area (Å²) in [6.45, 7) is 0. The maximum Gasteiger partial charge on any atom is 0.305 e. The van der Waals surface area contributed by atoms with Crippen LogP contribution in [0, 0.1) is 16.0 Å². The Hall–Kier alpha value is -2.76. The molecular weight excluding hydrogens is 506 g/mol. The van der Waals surface area contributed by atoms with Crippen LogP contribution in [0.4, 0.5) is 11.4 Å². The van der Waals surface area contributed by atoms with Crippen LogP contribution in [0.25, 0.3) is 0 Å². The monoisotopic (exact) mass is 517 g/mol. The number of hydrogen-bond donors (Lipinski definition) is 1. The molecule has 3 atom stereocenters. The number of aromatic amines is 1. The molecule has 11 heteroatoms. The van der Waals surface area contributed by atoms with Crippen LogP contribution in [0.2, 0.25) is 0 Å². The molecule has 1 aromatic heterocycles. The maximum absolute atomic E-state index is 13.5. The van der Waals surface area contributed by atoms with Crippen molar-refractivity contribution in [3.05, 3.63) is 83.2 Å². The number of nitro benzene ring substituents is 1. The third-order valence-corrected chi connectivity index (χ3v) is 8.28. The van der Waals surface area contributed by atoms with Crippen LogP contribution in [-0.2, 0) is 9.59 Å². The second-order valence-electron chi connectivity index (χ2n) is 7.09. The van der Waals surface area contributed by atoms with Gasteiger partial charge in [-0.05, 0) is 29.8 Å². The van der Waals surface area contributed by atoms with Gasteiger partial charge in [-0.2, -0.15) is 0 Å². The highest BCUT2D eigenvalue weighted by Crippen LogP contribution is 2.53. The van der Waals surface area contributed by atoms with Crippen molar-refractivity contribution in [2.75, 3.05) is 4.90 Å². The average Bonchev–Trinajstić information content (AvgIpc) is 3.24. The van der Waals surface area contributed by atoms with Crippen molar-refractivity contribution in [1.29, 1.82) is 0 Å². The molecule has 31 heavy (non-hydrogen) atoms. The van der Waals surface area contributed by atoms with Gasteiger partial charge in [-0.3, -0.25) is 24.5 Å². The van der Waals surface area contributed by atoms with E-state index in [-0.39, 0.29) is 22.4 Å². The van der Waals surface area contributed by atoms with Crippen molar-refractivity contribution in [3.8, 4) is 0 Å². The van der Waals surface area contributed by atoms with Crippen LogP contribution in [0.15, 0.2) is 62.8 Å². The molecule has 1 saturated heterocycles. The summed E-state index contributed by atoms with van der Waals surface area (Å²) in [4.78, 5) is 53.9. The van der Waals surface area contributed by atoms with Crippen molar-refractivity contribution < 1.29 is 14.5 Å². The summed E-state index contributed by atoms with van der Waals surface area (Å²) in [5, 5.41) is 11.1. The number of H-pyrrole nitrogens is 1. The van der Waals surface area contributed by atoms with Crippen molar-refractivity contribution in [1.82, 2.24) is 4.98 Å². The van der Waals surface area contributed by atoms with Gasteiger partial charge >= 0.3 is 4.87 Å². The number of amides is 2. The van der Waals surface area contributed by atoms with E-state index in [1.54, 1.807) is 36.4 Å². The number of non-ortho nitro benzene ring substituents is 1. The molecule has 0 saturated carbocycles. The maximum atomic E-state index is 13.5. The quantitative estimate of drug-likeness (QED) is 0.320. The highest BCUT2D eigenvalue weighted by Gasteiger charge is 2.56. The van der Waals surface area contributed by atoms with Gasteiger partial charge in [0, 0.05) is 27.4 Å². The predicted octanol–water partition coefficient (Wildman–Crippen LogP) is 3.90. The molecule has 8 nitrogen and oxygen atoms in total. The van der Waals surface area contributed by atoms with Gasteiger partial charge in [0.15, 0.2) is 0 Å². The summed E-state index contributed by atoms with van der Waals surface area (Å²) in [5.74, 6) is -2.16. The van der Waals surface area contributed by atoms with Gasteiger partial charge in [-0.1, -0.05) is 51.2 Å². The van der Waals surface area contributed by atoms with Crippen LogP contribution in [0.1, 0.15) is 16.4 Å². The first-order chi connectivity index (χ1) is 14.8. The lowest BCUT2D eigenvalue weighted by Crippen LogP contribution is -2.32. The number of imide groups is 1. The van der Waals surface area contributed by atoms with E-state index >= 15 is 0 Å². The highest BCUT2D eigenvalue weighted by atomic mass is 79.9. The summed E-state index contributed by atoms with van der Waals surface area (Å²) in [6.07, 6.45) is 0. The van der Waals surface area contributed by atoms with E-state index in [9.17, 15) is 24.5 Å². The molecule has 0 radical (unpaired) electrons. The molecule has 3 aromatic rings. The van der Waals surface area contributed by atoms with Gasteiger partial charge in [-0.25, -0.2) is 4.90 Å². The minimum Gasteiger partial charge on any atom is -0.307 e. The van der Waals surface area contributed by atoms with Gasteiger partial charge in [0.05, 0.1) is 21.6 Å². The molecular formula is C20H12BrN3O5S2. The molecule has 0 bridgehead atoms. The summed E-state index contributed by atoms with van der Waals surface area (Å²) in [7, 11) is 0. The zero-order valence-corrected chi connectivity index (χ0v) is 18.7. The Morgan fingerprint density at radius 1 is 1.06 bits per heavy atom. The average molecular weight is 518 g/mol. The number of anilines is 1. The number of thioether (sulfide) groups is 1. The lowest BCUT2D eigenvalue weighted by atomic mass is 9.83. The summed E-state index contributed by atoms with van der Waals surface area (Å²) >= 11 is 5.48. The Balaban J connectivity index is 1.66. The first-order valence-corrected chi connectivity index (χ1v) is 11.6. The van der Waals surface area contributed by atoms with E-state index in [0.29, 0.717) is 21.2 Å². The summed E-state index contributed by atoms with van der Waals surface area (Å²) < 4.78 is 0.816. The van der Waals surface area contributed by atoms with Gasteiger partial charge in [0.25, 0.3) is 5.69 Å². The smallest absolute Gasteiger partial charge is 0.305 e. The number of hydrogen-bond acceptors (Lipinski definition) is 7. The Labute approximate surface area is 191 Å². The van der Waals surface area contributed by atoms with Crippen molar-refractivity contribution in [3.63, 3.8) is 0 Å². The van der Waals surface area contributed by atoms with E-state index < -0.39 is 22.0 Å². The lowest BCUT2D eigenvalue weighted by molar-refractivity contribution is -0.384. The molecule has 0 aliphatic carbocycles. The normalized spacial score (nSPS) is 22.4. The summed E-state index contributed by atoms with van der Waals surface area (Å²) in [5.41, 5.74) is 0.876. The molecule has 2 aliphatic rings. The van der Waals surface area contributed by atoms with Crippen LogP contribution < -0.4 is 9.77 Å². The Morgan fingerprint density at radius 3 is 2.52 bits per heavy atom. The standard InChI is InChI=1S/C20H12BrN3O5S2/c21-10-4-6-11(7-5-10)23-18(25)14-13(9-2-1-3-12(8-9)24(28)29)15-17(22-20(27)31-15)30-16(14)19(23)26/h1-8,13-14,16H,(H,22,27)/t13-,14-,16-/m1/s1. The fourth-order valence-corrected chi connectivity index (χ4v) is 6.83. The zero-order chi connectivity index (χ0) is 21.9. The number of halogens is 1. The number of nitro groups is 1. The van der Waals surface area contributed by atoms with Crippen LogP contribution in [0.3, 0.4) is 0 Å². The van der Waals surface area contributed by atoms with Crippen LogP contribution in [0.5, 0.6) is 0 Å². The number of carbonyl (C=O) groups is 2. The minimum absolute atomic E-state index is 0.113. The fourth-order valence-electron chi connectivity index (χ4n) is 4.05. The minimum atomic E-state index is -0.776. The predicted molar refractivity (Wildman–Crippen MR) is 120 cm³/mol. The molecule has 2 aromatic carbocycles. The Morgan fingerprint density at radius 2 is 1.81 bits per heavy atom. The number of thiazole rings is 1. The second kappa shape index (κ2) is 7.43. The van der Waals surface area contributed by atoms with E-state index in [2.05, 4.69) is 20.9 Å². The molecule has 2 aliphatic heterocycles. The molecule has 1 N–H and O–H groups in total. The first kappa shape index (κ1) is 20.2. The van der Waals surface area contributed by atoms with E-state index in [1.807, 2.05) is 0 Å². The molecule has 0 unspecified atom stereocenters. The molecule has 5 rings (SSSR count). The Kier molecular flexibility index (Phi) is 4.83. The number of nitrogens with zero attached hydrogens (tertiary/aromatic N) is 2. The molecule has 3 heterocycles. The van der Waals surface area contributed by atoms with Gasteiger partial charge in [-0.15, -0.1) is 0 Å². The SMILES string of the molecule is O=C1[C@@H]2[C@@H](c3cccc([N+](=O)[O-])c3)c3sc(=O)[nH]c3S[C@H]2C(=O)N1c1ccc(Br)cc1. The van der Waals surface area contributed by atoms with Crippen molar-refractivity contribution in [2.24, 2.45) is 5.92 Å². The number of fused-ring (bicyclic) bond motifs is 2. The Bertz CT molecular complexity index is 1300. The fraction of sp³-hybridized carbons (Fsp3) is 0.150. The number of rotatable bonds is 3. The van der Waals surface area contributed by atoms with Gasteiger partial charge < -0.3 is 4.98 Å². The van der Waals surface area contributed by atoms with Gasteiger partial charge in [0.1, 0.15) is 5.25 Å². The summed E-state index contributed by atoms with van der Waals surface area (Å²) in [6, 6.07) is 12.9. The molecule has 0 spiro atoms. The van der Waals surface area contributed by atoms with E-state index in [4.69, 9.17) is 0 Å². The number of aromatic nitrogens is 1. The second-order valence-corrected chi connectivity index (χ2v) is 10.2. The lowest BCUT2D eigenvalue weighted by Gasteiger charge is -2.29. The molecule has 156 valence electrons. The largest absolute Gasteiger partial charge is 0.307 e. The van der Waals surface area contributed by atoms with Crippen molar-refractivity contribution in [2.45, 2.75) is 16.2 Å². The number of carbonyl (C=O) groups excluding carboxylic acids is 2. The van der Waals surface area contributed by atoms with Crippen molar-refractivity contribution >= 4 is 62.2 Å².